The zero-order valence-electron chi connectivity index (χ0n) is 12.5. The number of amides is 1. The van der Waals surface area contributed by atoms with Crippen molar-refractivity contribution in [1.29, 1.82) is 0 Å². The standard InChI is InChI=1S/C16H16N2O3S/c1-3-11-8-15(22-10(11)2)16(19)17-7-6-12-4-5-13(18(20)21)9-14(12)17/h4-5,8-9H,3,6-7H2,1-2H3. The Balaban J connectivity index is 1.96. The lowest BCUT2D eigenvalue weighted by Crippen LogP contribution is -2.28. The second kappa shape index (κ2) is 5.53. The van der Waals surface area contributed by atoms with Gasteiger partial charge in [0.25, 0.3) is 11.6 Å². The van der Waals surface area contributed by atoms with Crippen LogP contribution in [-0.2, 0) is 12.8 Å². The summed E-state index contributed by atoms with van der Waals surface area (Å²) in [6.07, 6.45) is 1.64. The number of nitro benzene ring substituents is 1. The predicted molar refractivity (Wildman–Crippen MR) is 86.9 cm³/mol. The second-order valence-corrected chi connectivity index (χ2v) is 6.58. The van der Waals surface area contributed by atoms with E-state index in [9.17, 15) is 14.9 Å². The normalized spacial score (nSPS) is 13.3. The largest absolute Gasteiger partial charge is 0.307 e. The molecule has 0 fully saturated rings. The number of carbonyl (C=O) groups excluding carboxylic acids is 1. The second-order valence-electron chi connectivity index (χ2n) is 5.32. The van der Waals surface area contributed by atoms with E-state index in [1.807, 2.05) is 13.0 Å². The maximum absolute atomic E-state index is 12.7. The number of anilines is 1. The van der Waals surface area contributed by atoms with Crippen molar-refractivity contribution in [2.45, 2.75) is 26.7 Å². The lowest BCUT2D eigenvalue weighted by Gasteiger charge is -2.16. The van der Waals surface area contributed by atoms with E-state index in [-0.39, 0.29) is 11.6 Å². The molecule has 0 aliphatic carbocycles. The fraction of sp³-hybridized carbons (Fsp3) is 0.312. The van der Waals surface area contributed by atoms with E-state index >= 15 is 0 Å². The molecule has 0 saturated heterocycles. The molecule has 0 saturated carbocycles. The number of nitro groups is 1. The van der Waals surface area contributed by atoms with Crippen molar-refractivity contribution in [1.82, 2.24) is 0 Å². The third kappa shape index (κ3) is 2.39. The van der Waals surface area contributed by atoms with Crippen LogP contribution in [0.4, 0.5) is 11.4 Å². The van der Waals surface area contributed by atoms with E-state index in [0.717, 1.165) is 23.3 Å². The van der Waals surface area contributed by atoms with Crippen molar-refractivity contribution in [3.8, 4) is 0 Å². The summed E-state index contributed by atoms with van der Waals surface area (Å²) in [4.78, 5) is 26.8. The molecule has 0 unspecified atom stereocenters. The number of nitrogens with zero attached hydrogens (tertiary/aromatic N) is 2. The van der Waals surface area contributed by atoms with Gasteiger partial charge < -0.3 is 4.90 Å². The first kappa shape index (κ1) is 14.7. The monoisotopic (exact) mass is 316 g/mol. The number of aryl methyl sites for hydroxylation is 2. The van der Waals surface area contributed by atoms with Crippen molar-refractivity contribution >= 4 is 28.6 Å². The molecule has 0 bridgehead atoms. The highest BCUT2D eigenvalue weighted by Gasteiger charge is 2.28. The zero-order valence-corrected chi connectivity index (χ0v) is 13.3. The number of thiophene rings is 1. The van der Waals surface area contributed by atoms with E-state index in [0.29, 0.717) is 17.1 Å². The topological polar surface area (TPSA) is 63.5 Å². The third-order valence-corrected chi connectivity index (χ3v) is 5.11. The molecule has 114 valence electrons. The van der Waals surface area contributed by atoms with Gasteiger partial charge in [-0.15, -0.1) is 11.3 Å². The molecule has 2 heterocycles. The molecule has 1 amide bonds. The van der Waals surface area contributed by atoms with Gasteiger partial charge in [0.2, 0.25) is 0 Å². The fourth-order valence-electron chi connectivity index (χ4n) is 2.80. The molecule has 0 spiro atoms. The van der Waals surface area contributed by atoms with Crippen molar-refractivity contribution in [3.63, 3.8) is 0 Å². The molecule has 6 heteroatoms. The minimum atomic E-state index is -0.425. The minimum absolute atomic E-state index is 0.0232. The molecule has 0 radical (unpaired) electrons. The smallest absolute Gasteiger partial charge is 0.271 e. The van der Waals surface area contributed by atoms with Gasteiger partial charge in [0, 0.05) is 23.6 Å². The Morgan fingerprint density at radius 3 is 2.82 bits per heavy atom. The lowest BCUT2D eigenvalue weighted by atomic mass is 10.1. The lowest BCUT2D eigenvalue weighted by molar-refractivity contribution is -0.384. The van der Waals surface area contributed by atoms with Crippen molar-refractivity contribution in [2.75, 3.05) is 11.4 Å². The first-order valence-electron chi connectivity index (χ1n) is 7.19. The van der Waals surface area contributed by atoms with Crippen LogP contribution in [0.15, 0.2) is 24.3 Å². The summed E-state index contributed by atoms with van der Waals surface area (Å²) >= 11 is 1.49. The Morgan fingerprint density at radius 1 is 1.41 bits per heavy atom. The predicted octanol–water partition coefficient (Wildman–Crippen LogP) is 3.73. The zero-order chi connectivity index (χ0) is 15.9. The SMILES string of the molecule is CCc1cc(C(=O)N2CCc3ccc([N+](=O)[O-])cc32)sc1C. The highest BCUT2D eigenvalue weighted by molar-refractivity contribution is 7.14. The molecule has 2 aromatic rings. The first-order chi connectivity index (χ1) is 10.5. The molecule has 22 heavy (non-hydrogen) atoms. The summed E-state index contributed by atoms with van der Waals surface area (Å²) < 4.78 is 0. The van der Waals surface area contributed by atoms with Crippen LogP contribution in [-0.4, -0.2) is 17.4 Å². The number of hydrogen-bond acceptors (Lipinski definition) is 4. The van der Waals surface area contributed by atoms with E-state index in [2.05, 4.69) is 6.92 Å². The van der Waals surface area contributed by atoms with Gasteiger partial charge in [-0.05, 0) is 37.0 Å². The van der Waals surface area contributed by atoms with E-state index in [4.69, 9.17) is 0 Å². The van der Waals surface area contributed by atoms with Crippen LogP contribution in [0.25, 0.3) is 0 Å². The van der Waals surface area contributed by atoms with Crippen LogP contribution in [0.2, 0.25) is 0 Å². The maximum atomic E-state index is 12.7. The van der Waals surface area contributed by atoms with Gasteiger partial charge in [-0.3, -0.25) is 14.9 Å². The number of hydrogen-bond donors (Lipinski definition) is 0. The summed E-state index contributed by atoms with van der Waals surface area (Å²) in [6, 6.07) is 6.69. The van der Waals surface area contributed by atoms with Crippen molar-refractivity contribution < 1.29 is 9.72 Å². The highest BCUT2D eigenvalue weighted by Crippen LogP contribution is 2.34. The molecule has 1 aliphatic heterocycles. The Kier molecular flexibility index (Phi) is 3.70. The summed E-state index contributed by atoms with van der Waals surface area (Å²) in [6.45, 7) is 4.66. The van der Waals surface area contributed by atoms with Gasteiger partial charge in [0.15, 0.2) is 0 Å². The summed E-state index contributed by atoms with van der Waals surface area (Å²) in [5, 5.41) is 10.9. The van der Waals surface area contributed by atoms with Crippen LogP contribution in [0.5, 0.6) is 0 Å². The summed E-state index contributed by atoms with van der Waals surface area (Å²) in [5.74, 6) is -0.0629. The number of carbonyl (C=O) groups is 1. The fourth-order valence-corrected chi connectivity index (χ4v) is 3.86. The van der Waals surface area contributed by atoms with E-state index < -0.39 is 4.92 Å². The van der Waals surface area contributed by atoms with Gasteiger partial charge in [-0.1, -0.05) is 13.0 Å². The molecule has 0 atom stereocenters. The van der Waals surface area contributed by atoms with Crippen LogP contribution < -0.4 is 4.90 Å². The number of fused-ring (bicyclic) bond motifs is 1. The summed E-state index contributed by atoms with van der Waals surface area (Å²) in [7, 11) is 0. The third-order valence-electron chi connectivity index (χ3n) is 4.03. The van der Waals surface area contributed by atoms with Gasteiger partial charge in [-0.2, -0.15) is 0 Å². The van der Waals surface area contributed by atoms with Crippen molar-refractivity contribution in [2.24, 2.45) is 0 Å². The van der Waals surface area contributed by atoms with Gasteiger partial charge in [0.1, 0.15) is 0 Å². The number of non-ortho nitro benzene ring substituents is 1. The Bertz CT molecular complexity index is 767. The van der Waals surface area contributed by atoms with E-state index in [1.165, 1.54) is 29.0 Å². The Morgan fingerprint density at radius 2 is 2.18 bits per heavy atom. The van der Waals surface area contributed by atoms with Gasteiger partial charge >= 0.3 is 0 Å². The van der Waals surface area contributed by atoms with Gasteiger partial charge in [0.05, 0.1) is 15.5 Å². The van der Waals surface area contributed by atoms with E-state index in [1.54, 1.807) is 11.0 Å². The Hall–Kier alpha value is -2.21. The molecule has 3 rings (SSSR count). The maximum Gasteiger partial charge on any atom is 0.271 e. The molecule has 0 N–H and O–H groups in total. The molecular weight excluding hydrogens is 300 g/mol. The van der Waals surface area contributed by atoms with Crippen LogP contribution in [0.3, 0.4) is 0 Å². The van der Waals surface area contributed by atoms with Crippen LogP contribution >= 0.6 is 11.3 Å². The first-order valence-corrected chi connectivity index (χ1v) is 8.01. The molecular formula is C16H16N2O3S. The average Bonchev–Trinajstić information content (AvgIpc) is 3.09. The van der Waals surface area contributed by atoms with Crippen LogP contribution in [0, 0.1) is 17.0 Å². The van der Waals surface area contributed by atoms with Gasteiger partial charge in [-0.25, -0.2) is 0 Å². The molecule has 1 aromatic carbocycles. The van der Waals surface area contributed by atoms with Crippen molar-refractivity contribution in [3.05, 3.63) is 55.3 Å². The molecule has 1 aliphatic rings. The minimum Gasteiger partial charge on any atom is -0.307 e. The summed E-state index contributed by atoms with van der Waals surface area (Å²) in [5.41, 5.74) is 2.87. The quantitative estimate of drug-likeness (QED) is 0.640. The number of benzene rings is 1. The molecule has 1 aromatic heterocycles. The number of rotatable bonds is 3. The Labute approximate surface area is 132 Å². The average molecular weight is 316 g/mol. The highest BCUT2D eigenvalue weighted by atomic mass is 32.1. The molecule has 5 nitrogen and oxygen atoms in total. The van der Waals surface area contributed by atoms with Crippen LogP contribution in [0.1, 0.15) is 32.6 Å².